The third-order valence-electron chi connectivity index (χ3n) is 1.92. The van der Waals surface area contributed by atoms with Crippen molar-refractivity contribution in [2.75, 3.05) is 0 Å². The van der Waals surface area contributed by atoms with Crippen LogP contribution in [0.3, 0.4) is 0 Å². The Balaban J connectivity index is 2.11. The van der Waals surface area contributed by atoms with Crippen LogP contribution in [0.2, 0.25) is 0 Å². The molecule has 0 aliphatic carbocycles. The van der Waals surface area contributed by atoms with Crippen LogP contribution in [-0.4, -0.2) is 15.0 Å². The summed E-state index contributed by atoms with van der Waals surface area (Å²) in [6.07, 6.45) is 1.89. The van der Waals surface area contributed by atoms with Crippen LogP contribution < -0.4 is 5.73 Å². The summed E-state index contributed by atoms with van der Waals surface area (Å²) in [5.74, 6) is 0. The summed E-state index contributed by atoms with van der Waals surface area (Å²) in [5.41, 5.74) is 6.52. The summed E-state index contributed by atoms with van der Waals surface area (Å²) in [7, 11) is 0. The zero-order valence-electron chi connectivity index (χ0n) is 7.92. The van der Waals surface area contributed by atoms with E-state index in [1.807, 2.05) is 23.9 Å². The maximum Gasteiger partial charge on any atom is 0.0991 e. The van der Waals surface area contributed by atoms with Crippen molar-refractivity contribution in [3.63, 3.8) is 0 Å². The molecule has 2 aromatic heterocycles. The lowest BCUT2D eigenvalue weighted by atomic mass is 10.3. The molecule has 5 heteroatoms. The van der Waals surface area contributed by atoms with Crippen LogP contribution in [0.4, 0.5) is 0 Å². The first-order valence-corrected chi connectivity index (χ1v) is 5.31. The molecule has 2 heterocycles. The van der Waals surface area contributed by atoms with Crippen LogP contribution in [-0.2, 0) is 6.54 Å². The molecule has 0 saturated carbocycles. The van der Waals surface area contributed by atoms with Crippen molar-refractivity contribution in [3.05, 3.63) is 34.3 Å². The Hall–Kier alpha value is -1.20. The van der Waals surface area contributed by atoms with Gasteiger partial charge in [0.25, 0.3) is 0 Å². The molecule has 0 unspecified atom stereocenters. The fraction of sp³-hybridized carbons (Fsp3) is 0.333. The van der Waals surface area contributed by atoms with E-state index >= 15 is 0 Å². The fourth-order valence-corrected chi connectivity index (χ4v) is 1.86. The molecule has 0 amide bonds. The molecule has 0 aliphatic rings. The molecule has 0 fully saturated rings. The lowest BCUT2D eigenvalue weighted by Gasteiger charge is -1.97. The summed E-state index contributed by atoms with van der Waals surface area (Å²) in [6, 6.07) is 4.06. The van der Waals surface area contributed by atoms with Gasteiger partial charge in [0.05, 0.1) is 18.4 Å². The number of hydrogen-bond donors (Lipinski definition) is 1. The Labute approximate surface area is 86.4 Å². The average molecular weight is 208 g/mol. The number of thiophene rings is 1. The number of nitrogens with two attached hydrogens (primary N) is 1. The van der Waals surface area contributed by atoms with E-state index in [9.17, 15) is 0 Å². The number of nitrogens with zero attached hydrogens (tertiary/aromatic N) is 3. The molecule has 2 aromatic rings. The van der Waals surface area contributed by atoms with Crippen LogP contribution in [0.1, 0.15) is 23.5 Å². The summed E-state index contributed by atoms with van der Waals surface area (Å²) in [5, 5.41) is 10.0. The van der Waals surface area contributed by atoms with Gasteiger partial charge in [-0.1, -0.05) is 11.3 Å². The third kappa shape index (κ3) is 2.00. The van der Waals surface area contributed by atoms with E-state index in [-0.39, 0.29) is 6.04 Å². The first-order chi connectivity index (χ1) is 6.75. The van der Waals surface area contributed by atoms with E-state index in [0.717, 1.165) is 12.2 Å². The number of rotatable bonds is 3. The van der Waals surface area contributed by atoms with Gasteiger partial charge < -0.3 is 5.73 Å². The highest BCUT2D eigenvalue weighted by Gasteiger charge is 2.05. The second kappa shape index (κ2) is 3.89. The predicted molar refractivity (Wildman–Crippen MR) is 56.0 cm³/mol. The van der Waals surface area contributed by atoms with Crippen LogP contribution in [0.15, 0.2) is 23.7 Å². The molecule has 0 spiro atoms. The van der Waals surface area contributed by atoms with Crippen LogP contribution in [0.25, 0.3) is 0 Å². The molecule has 14 heavy (non-hydrogen) atoms. The Morgan fingerprint density at radius 2 is 2.50 bits per heavy atom. The fourth-order valence-electron chi connectivity index (χ4n) is 1.16. The first-order valence-electron chi connectivity index (χ1n) is 4.43. The van der Waals surface area contributed by atoms with Crippen molar-refractivity contribution in [1.29, 1.82) is 0 Å². The van der Waals surface area contributed by atoms with Gasteiger partial charge in [-0.3, -0.25) is 0 Å². The van der Waals surface area contributed by atoms with Crippen LogP contribution in [0.5, 0.6) is 0 Å². The quantitative estimate of drug-likeness (QED) is 0.829. The van der Waals surface area contributed by atoms with Gasteiger partial charge in [0, 0.05) is 10.9 Å². The van der Waals surface area contributed by atoms with Crippen molar-refractivity contribution in [1.82, 2.24) is 15.0 Å². The van der Waals surface area contributed by atoms with E-state index in [0.29, 0.717) is 0 Å². The highest BCUT2D eigenvalue weighted by Crippen LogP contribution is 2.11. The Morgan fingerprint density at radius 3 is 3.07 bits per heavy atom. The van der Waals surface area contributed by atoms with Gasteiger partial charge in [-0.05, 0) is 18.4 Å². The topological polar surface area (TPSA) is 56.7 Å². The van der Waals surface area contributed by atoms with E-state index in [1.54, 1.807) is 11.3 Å². The van der Waals surface area contributed by atoms with Gasteiger partial charge in [0.2, 0.25) is 0 Å². The van der Waals surface area contributed by atoms with Gasteiger partial charge in [0.15, 0.2) is 0 Å². The molecule has 0 aromatic carbocycles. The van der Waals surface area contributed by atoms with Crippen molar-refractivity contribution in [2.24, 2.45) is 5.73 Å². The molecule has 0 aliphatic heterocycles. The molecule has 0 radical (unpaired) electrons. The molecule has 0 saturated heterocycles. The summed E-state index contributed by atoms with van der Waals surface area (Å²) < 4.78 is 1.81. The summed E-state index contributed by atoms with van der Waals surface area (Å²) >= 11 is 1.72. The molecule has 4 nitrogen and oxygen atoms in total. The first kappa shape index (κ1) is 9.36. The van der Waals surface area contributed by atoms with Crippen molar-refractivity contribution < 1.29 is 0 Å². The molecular formula is C9H12N4S. The molecule has 2 rings (SSSR count). The maximum atomic E-state index is 5.69. The zero-order chi connectivity index (χ0) is 9.97. The van der Waals surface area contributed by atoms with Crippen molar-refractivity contribution >= 4 is 11.3 Å². The second-order valence-corrected chi connectivity index (χ2v) is 4.24. The van der Waals surface area contributed by atoms with Crippen molar-refractivity contribution in [2.45, 2.75) is 19.5 Å². The van der Waals surface area contributed by atoms with Gasteiger partial charge >= 0.3 is 0 Å². The third-order valence-corrected chi connectivity index (χ3v) is 2.78. The second-order valence-electron chi connectivity index (χ2n) is 3.21. The monoisotopic (exact) mass is 208 g/mol. The van der Waals surface area contributed by atoms with Gasteiger partial charge in [-0.2, -0.15) is 0 Å². The molecule has 2 N–H and O–H groups in total. The van der Waals surface area contributed by atoms with E-state index in [1.165, 1.54) is 4.88 Å². The largest absolute Gasteiger partial charge is 0.323 e. The summed E-state index contributed by atoms with van der Waals surface area (Å²) in [4.78, 5) is 1.27. The Bertz CT molecular complexity index is 391. The Kier molecular flexibility index (Phi) is 2.60. The van der Waals surface area contributed by atoms with Crippen LogP contribution >= 0.6 is 11.3 Å². The lowest BCUT2D eigenvalue weighted by Crippen LogP contribution is -2.05. The average Bonchev–Trinajstić information content (AvgIpc) is 2.75. The van der Waals surface area contributed by atoms with Gasteiger partial charge in [-0.25, -0.2) is 4.68 Å². The van der Waals surface area contributed by atoms with E-state index in [4.69, 9.17) is 5.73 Å². The maximum absolute atomic E-state index is 5.69. The normalized spacial score (nSPS) is 13.0. The zero-order valence-corrected chi connectivity index (χ0v) is 8.74. The van der Waals surface area contributed by atoms with Crippen molar-refractivity contribution in [3.8, 4) is 0 Å². The minimum atomic E-state index is -0.0490. The highest BCUT2D eigenvalue weighted by atomic mass is 32.1. The smallest absolute Gasteiger partial charge is 0.0991 e. The Morgan fingerprint density at radius 1 is 1.64 bits per heavy atom. The molecular weight excluding hydrogens is 196 g/mol. The van der Waals surface area contributed by atoms with Gasteiger partial charge in [-0.15, -0.1) is 16.4 Å². The number of aromatic nitrogens is 3. The summed E-state index contributed by atoms with van der Waals surface area (Å²) in [6.45, 7) is 2.68. The standard InChI is InChI=1S/C9H12N4S/c1-7(10)9-6-13(12-11-9)5-8-3-2-4-14-8/h2-4,6-7H,5,10H2,1H3/t7-/m0/s1. The lowest BCUT2D eigenvalue weighted by molar-refractivity contribution is 0.654. The van der Waals surface area contributed by atoms with Gasteiger partial charge in [0.1, 0.15) is 0 Å². The molecule has 1 atom stereocenters. The van der Waals surface area contributed by atoms with E-state index < -0.39 is 0 Å². The number of hydrogen-bond acceptors (Lipinski definition) is 4. The highest BCUT2D eigenvalue weighted by molar-refractivity contribution is 7.09. The molecule has 74 valence electrons. The minimum Gasteiger partial charge on any atom is -0.323 e. The van der Waals surface area contributed by atoms with Crippen LogP contribution in [0, 0.1) is 0 Å². The molecule has 0 bridgehead atoms. The SMILES string of the molecule is C[C@H](N)c1cn(Cc2cccs2)nn1. The van der Waals surface area contributed by atoms with E-state index in [2.05, 4.69) is 21.8 Å². The predicted octanol–water partition coefficient (Wildman–Crippen LogP) is 1.41. The minimum absolute atomic E-state index is 0.0490.